The summed E-state index contributed by atoms with van der Waals surface area (Å²) < 4.78 is 13.2. The second-order valence-corrected chi connectivity index (χ2v) is 6.16. The fourth-order valence-corrected chi connectivity index (χ4v) is 2.35. The monoisotopic (exact) mass is 336 g/mol. The van der Waals surface area contributed by atoms with E-state index in [-0.39, 0.29) is 17.7 Å². The molecule has 0 amide bonds. The van der Waals surface area contributed by atoms with Gasteiger partial charge in [-0.3, -0.25) is 0 Å². The fraction of sp³-hybridized carbons (Fsp3) is 0.375. The summed E-state index contributed by atoms with van der Waals surface area (Å²) in [6.45, 7) is 1.84. The van der Waals surface area contributed by atoms with Crippen molar-refractivity contribution in [3.05, 3.63) is 40.8 Å². The lowest BCUT2D eigenvalue weighted by Crippen LogP contribution is -2.21. The molecule has 1 atom stereocenters. The van der Waals surface area contributed by atoms with E-state index in [4.69, 9.17) is 16.7 Å². The largest absolute Gasteiger partial charge is 0.394 e. The van der Waals surface area contributed by atoms with E-state index in [1.54, 1.807) is 6.07 Å². The lowest BCUT2D eigenvalue weighted by molar-refractivity contribution is 0.281. The van der Waals surface area contributed by atoms with Gasteiger partial charge in [-0.1, -0.05) is 11.6 Å². The molecule has 0 radical (unpaired) electrons. The van der Waals surface area contributed by atoms with Gasteiger partial charge in [0.2, 0.25) is 5.95 Å². The number of nitrogens with one attached hydrogen (secondary N) is 2. The Labute approximate surface area is 138 Å². The van der Waals surface area contributed by atoms with Crippen LogP contribution >= 0.6 is 11.6 Å². The topological polar surface area (TPSA) is 70.1 Å². The average molecular weight is 337 g/mol. The minimum absolute atomic E-state index is 0.00660. The Morgan fingerprint density at radius 1 is 1.35 bits per heavy atom. The van der Waals surface area contributed by atoms with Gasteiger partial charge in [0.25, 0.3) is 0 Å². The molecule has 0 aliphatic heterocycles. The molecule has 0 bridgehead atoms. The molecule has 0 saturated heterocycles. The molecular formula is C16H18ClFN4O. The molecule has 1 saturated carbocycles. The van der Waals surface area contributed by atoms with Crippen LogP contribution < -0.4 is 10.6 Å². The van der Waals surface area contributed by atoms with E-state index in [0.717, 1.165) is 18.5 Å². The zero-order chi connectivity index (χ0) is 16.4. The van der Waals surface area contributed by atoms with Crippen LogP contribution in [0, 0.1) is 5.82 Å². The number of anilines is 3. The first kappa shape index (κ1) is 16.0. The van der Waals surface area contributed by atoms with Crippen LogP contribution in [0.1, 0.15) is 31.4 Å². The van der Waals surface area contributed by atoms with Crippen molar-refractivity contribution in [2.45, 2.75) is 31.7 Å². The van der Waals surface area contributed by atoms with Gasteiger partial charge in [0.1, 0.15) is 11.6 Å². The summed E-state index contributed by atoms with van der Waals surface area (Å²) >= 11 is 5.80. The van der Waals surface area contributed by atoms with E-state index in [9.17, 15) is 4.39 Å². The molecule has 0 unspecified atom stereocenters. The molecule has 23 heavy (non-hydrogen) atoms. The summed E-state index contributed by atoms with van der Waals surface area (Å²) in [4.78, 5) is 8.89. The van der Waals surface area contributed by atoms with Crippen molar-refractivity contribution < 1.29 is 9.50 Å². The maximum atomic E-state index is 13.2. The number of rotatable bonds is 6. The van der Waals surface area contributed by atoms with E-state index in [2.05, 4.69) is 20.6 Å². The van der Waals surface area contributed by atoms with Gasteiger partial charge in [0.05, 0.1) is 17.3 Å². The molecule has 1 heterocycles. The second kappa shape index (κ2) is 6.68. The smallest absolute Gasteiger partial charge is 0.225 e. The summed E-state index contributed by atoms with van der Waals surface area (Å²) in [6, 6.07) is 6.17. The summed E-state index contributed by atoms with van der Waals surface area (Å²) in [5, 5.41) is 15.4. The predicted octanol–water partition coefficient (Wildman–Crippen LogP) is 3.68. The molecule has 3 rings (SSSR count). The lowest BCUT2D eigenvalue weighted by Gasteiger charge is -2.14. The molecule has 5 nitrogen and oxygen atoms in total. The predicted molar refractivity (Wildman–Crippen MR) is 88.9 cm³/mol. The number of halogens is 2. The third kappa shape index (κ3) is 4.09. The van der Waals surface area contributed by atoms with Gasteiger partial charge < -0.3 is 15.7 Å². The van der Waals surface area contributed by atoms with E-state index in [1.807, 2.05) is 13.0 Å². The summed E-state index contributed by atoms with van der Waals surface area (Å²) in [7, 11) is 0. The number of hydrogen-bond donors (Lipinski definition) is 3. The summed E-state index contributed by atoms with van der Waals surface area (Å²) in [6.07, 6.45) is 2.24. The molecule has 0 spiro atoms. The van der Waals surface area contributed by atoms with Gasteiger partial charge in [-0.2, -0.15) is 4.98 Å². The Balaban J connectivity index is 1.86. The highest BCUT2D eigenvalue weighted by molar-refractivity contribution is 6.31. The maximum Gasteiger partial charge on any atom is 0.225 e. The van der Waals surface area contributed by atoms with Crippen LogP contribution in [-0.4, -0.2) is 27.7 Å². The van der Waals surface area contributed by atoms with Gasteiger partial charge in [0, 0.05) is 23.7 Å². The van der Waals surface area contributed by atoms with Crippen LogP contribution in [0.5, 0.6) is 0 Å². The highest BCUT2D eigenvalue weighted by atomic mass is 35.5. The summed E-state index contributed by atoms with van der Waals surface area (Å²) in [5.74, 6) is 1.07. The molecule has 1 aromatic carbocycles. The second-order valence-electron chi connectivity index (χ2n) is 5.76. The normalized spacial score (nSPS) is 15.3. The Morgan fingerprint density at radius 3 is 2.78 bits per heavy atom. The van der Waals surface area contributed by atoms with E-state index >= 15 is 0 Å². The van der Waals surface area contributed by atoms with Crippen LogP contribution in [0.15, 0.2) is 24.3 Å². The first-order valence-corrected chi connectivity index (χ1v) is 7.91. The minimum atomic E-state index is -0.460. The van der Waals surface area contributed by atoms with Gasteiger partial charge >= 0.3 is 0 Å². The lowest BCUT2D eigenvalue weighted by atomic mass is 10.2. The molecule has 1 aliphatic carbocycles. The van der Waals surface area contributed by atoms with Crippen LogP contribution in [0.2, 0.25) is 5.02 Å². The van der Waals surface area contributed by atoms with E-state index in [1.165, 1.54) is 12.1 Å². The fourth-order valence-electron chi connectivity index (χ4n) is 2.17. The molecular weight excluding hydrogens is 319 g/mol. The highest BCUT2D eigenvalue weighted by Crippen LogP contribution is 2.40. The molecule has 2 aromatic rings. The molecule has 3 N–H and O–H groups in total. The number of benzene rings is 1. The highest BCUT2D eigenvalue weighted by Gasteiger charge is 2.26. The molecule has 1 fully saturated rings. The molecule has 1 aromatic heterocycles. The summed E-state index contributed by atoms with van der Waals surface area (Å²) in [5.41, 5.74) is 1.61. The van der Waals surface area contributed by atoms with Crippen LogP contribution in [0.3, 0.4) is 0 Å². The number of nitrogens with zero attached hydrogens (tertiary/aromatic N) is 2. The SMILES string of the molecule is C[C@H](CO)Nc1nc(Nc2ccc(F)c(Cl)c2)cc(C2CC2)n1. The average Bonchev–Trinajstić information content (AvgIpc) is 3.35. The Hall–Kier alpha value is -1.92. The first-order valence-electron chi connectivity index (χ1n) is 7.53. The Bertz CT molecular complexity index is 708. The van der Waals surface area contributed by atoms with Gasteiger partial charge in [0.15, 0.2) is 0 Å². The molecule has 7 heteroatoms. The van der Waals surface area contributed by atoms with Crippen molar-refractivity contribution >= 4 is 29.1 Å². The van der Waals surface area contributed by atoms with Gasteiger partial charge in [-0.25, -0.2) is 9.37 Å². The zero-order valence-corrected chi connectivity index (χ0v) is 13.4. The van der Waals surface area contributed by atoms with Gasteiger partial charge in [-0.05, 0) is 38.0 Å². The number of hydrogen-bond acceptors (Lipinski definition) is 5. The third-order valence-corrected chi connectivity index (χ3v) is 3.87. The number of aliphatic hydroxyl groups excluding tert-OH is 1. The molecule has 122 valence electrons. The van der Waals surface area contributed by atoms with Gasteiger partial charge in [-0.15, -0.1) is 0 Å². The third-order valence-electron chi connectivity index (χ3n) is 3.58. The van der Waals surface area contributed by atoms with Crippen LogP contribution in [0.4, 0.5) is 21.8 Å². The Morgan fingerprint density at radius 2 is 2.13 bits per heavy atom. The number of aliphatic hydroxyl groups is 1. The van der Waals surface area contributed by atoms with Crippen LogP contribution in [0.25, 0.3) is 0 Å². The van der Waals surface area contributed by atoms with Crippen LogP contribution in [-0.2, 0) is 0 Å². The minimum Gasteiger partial charge on any atom is -0.394 e. The molecule has 1 aliphatic rings. The first-order chi connectivity index (χ1) is 11.0. The Kier molecular flexibility index (Phi) is 4.63. The van der Waals surface area contributed by atoms with E-state index < -0.39 is 5.82 Å². The maximum absolute atomic E-state index is 13.2. The van der Waals surface area contributed by atoms with Crippen molar-refractivity contribution in [2.24, 2.45) is 0 Å². The van der Waals surface area contributed by atoms with Crippen molar-refractivity contribution in [3.8, 4) is 0 Å². The van der Waals surface area contributed by atoms with Crippen molar-refractivity contribution in [3.63, 3.8) is 0 Å². The van der Waals surface area contributed by atoms with Crippen molar-refractivity contribution in [1.82, 2.24) is 9.97 Å². The number of aromatic nitrogens is 2. The van der Waals surface area contributed by atoms with Crippen molar-refractivity contribution in [1.29, 1.82) is 0 Å². The van der Waals surface area contributed by atoms with E-state index in [0.29, 0.717) is 23.4 Å². The van der Waals surface area contributed by atoms with Crippen molar-refractivity contribution in [2.75, 3.05) is 17.2 Å². The standard InChI is InChI=1S/C16H18ClFN4O/c1-9(8-23)19-16-21-14(10-2-3-10)7-15(22-16)20-11-4-5-13(18)12(17)6-11/h4-7,9-10,23H,2-3,8H2,1H3,(H2,19,20,21,22)/t9-/m1/s1. The quantitative estimate of drug-likeness (QED) is 0.750. The zero-order valence-electron chi connectivity index (χ0n) is 12.7.